The van der Waals surface area contributed by atoms with Crippen LogP contribution in [0, 0.1) is 0 Å². The van der Waals surface area contributed by atoms with Gasteiger partial charge in [0.1, 0.15) is 0 Å². The molecule has 168 valence electrons. The molecule has 7 heteroatoms. The van der Waals surface area contributed by atoms with E-state index in [0.717, 1.165) is 6.42 Å². The number of hydrogen-bond acceptors (Lipinski definition) is 5. The molecule has 1 saturated heterocycles. The third kappa shape index (κ3) is 6.40. The largest absolute Gasteiger partial charge is 0.478 e. The zero-order chi connectivity index (χ0) is 22.9. The van der Waals surface area contributed by atoms with Crippen LogP contribution in [0.3, 0.4) is 0 Å². The minimum atomic E-state index is -1.26. The van der Waals surface area contributed by atoms with E-state index in [4.69, 9.17) is 14.6 Å². The smallest absolute Gasteiger partial charge is 0.328 e. The van der Waals surface area contributed by atoms with E-state index < -0.39 is 11.9 Å². The second-order valence-corrected chi connectivity index (χ2v) is 8.67. The van der Waals surface area contributed by atoms with Crippen molar-refractivity contribution in [2.75, 3.05) is 18.0 Å². The molecular weight excluding hydrogens is 424 g/mol. The molecule has 2 heterocycles. The van der Waals surface area contributed by atoms with Crippen molar-refractivity contribution in [3.8, 4) is 0 Å². The van der Waals surface area contributed by atoms with Gasteiger partial charge in [0.2, 0.25) is 0 Å². The molecule has 0 aliphatic carbocycles. The number of aliphatic carboxylic acids is 2. The quantitative estimate of drug-likeness (QED) is 0.490. The lowest BCUT2D eigenvalue weighted by atomic mass is 9.95. The first-order chi connectivity index (χ1) is 15.5. The van der Waals surface area contributed by atoms with E-state index in [2.05, 4.69) is 60.4 Å². The summed E-state index contributed by atoms with van der Waals surface area (Å²) in [6.07, 6.45) is 6.15. The Morgan fingerprint density at radius 2 is 1.66 bits per heavy atom. The molecule has 1 aliphatic rings. The van der Waals surface area contributed by atoms with E-state index in [9.17, 15) is 9.59 Å². The molecule has 3 aromatic rings. The number of rotatable bonds is 6. The number of hydrogen-bond donors (Lipinski definition) is 2. The standard InChI is InChI=1S/C21H24N2S.C4H4O4/c1-16(15-17-9-4-2-5-10-17)21-20-18(23-13-6-3-7-14-23)11-8-12-19(20)24-22-21;5-3(6)1-2-4(7)8/h2,4-5,8-12,16H,3,6-7,13-15H2,1H3;1-2H,(H,5,6)(H,7,8). The van der Waals surface area contributed by atoms with Crippen molar-refractivity contribution >= 4 is 39.2 Å². The molecule has 0 amide bonds. The van der Waals surface area contributed by atoms with Crippen molar-refractivity contribution in [1.82, 2.24) is 4.37 Å². The van der Waals surface area contributed by atoms with Gasteiger partial charge in [-0.25, -0.2) is 9.59 Å². The number of fused-ring (bicyclic) bond motifs is 1. The van der Waals surface area contributed by atoms with E-state index in [1.807, 2.05) is 0 Å². The molecule has 0 radical (unpaired) electrons. The van der Waals surface area contributed by atoms with Gasteiger partial charge in [-0.2, -0.15) is 4.37 Å². The molecule has 0 spiro atoms. The van der Waals surface area contributed by atoms with Gasteiger partial charge in [-0.15, -0.1) is 0 Å². The van der Waals surface area contributed by atoms with Crippen LogP contribution in [-0.2, 0) is 16.0 Å². The van der Waals surface area contributed by atoms with Crippen LogP contribution in [-0.4, -0.2) is 39.6 Å². The van der Waals surface area contributed by atoms with E-state index in [0.29, 0.717) is 18.1 Å². The monoisotopic (exact) mass is 452 g/mol. The number of carboxylic acids is 2. The van der Waals surface area contributed by atoms with Gasteiger partial charge in [-0.3, -0.25) is 0 Å². The Labute approximate surface area is 192 Å². The predicted octanol–water partition coefficient (Wildman–Crippen LogP) is 5.34. The summed E-state index contributed by atoms with van der Waals surface area (Å²) in [6.45, 7) is 4.68. The second-order valence-electron chi connectivity index (χ2n) is 7.87. The summed E-state index contributed by atoms with van der Waals surface area (Å²) in [5.41, 5.74) is 4.07. The van der Waals surface area contributed by atoms with E-state index in [1.165, 1.54) is 59.4 Å². The highest BCUT2D eigenvalue weighted by molar-refractivity contribution is 7.13. The van der Waals surface area contributed by atoms with Crippen molar-refractivity contribution in [3.63, 3.8) is 0 Å². The van der Waals surface area contributed by atoms with Crippen LogP contribution in [0.1, 0.15) is 43.4 Å². The average Bonchev–Trinajstić information content (AvgIpc) is 3.24. The molecule has 32 heavy (non-hydrogen) atoms. The minimum Gasteiger partial charge on any atom is -0.478 e. The highest BCUT2D eigenvalue weighted by Gasteiger charge is 2.20. The lowest BCUT2D eigenvalue weighted by Crippen LogP contribution is -2.29. The van der Waals surface area contributed by atoms with Crippen molar-refractivity contribution in [1.29, 1.82) is 0 Å². The summed E-state index contributed by atoms with van der Waals surface area (Å²) in [7, 11) is 0. The Kier molecular flexibility index (Phi) is 8.39. The number of aromatic nitrogens is 1. The van der Waals surface area contributed by atoms with E-state index >= 15 is 0 Å². The van der Waals surface area contributed by atoms with Crippen LogP contribution < -0.4 is 4.90 Å². The molecule has 1 aromatic heterocycles. The summed E-state index contributed by atoms with van der Waals surface area (Å²) in [5.74, 6) is -2.08. The molecule has 2 aromatic carbocycles. The Morgan fingerprint density at radius 3 is 2.28 bits per heavy atom. The number of benzene rings is 2. The molecular formula is C25H28N2O4S. The molecule has 0 saturated carbocycles. The Hall–Kier alpha value is -3.19. The second kappa shape index (κ2) is 11.4. The molecule has 1 aliphatic heterocycles. The predicted molar refractivity (Wildman–Crippen MR) is 129 cm³/mol. The fraction of sp³-hybridized carbons (Fsp3) is 0.320. The van der Waals surface area contributed by atoms with Gasteiger partial charge in [-0.05, 0) is 54.9 Å². The molecule has 1 fully saturated rings. The summed E-state index contributed by atoms with van der Waals surface area (Å²) < 4.78 is 6.19. The topological polar surface area (TPSA) is 90.7 Å². The van der Waals surface area contributed by atoms with Gasteiger partial charge in [0.05, 0.1) is 10.4 Å². The van der Waals surface area contributed by atoms with Crippen LogP contribution in [0.2, 0.25) is 0 Å². The van der Waals surface area contributed by atoms with Gasteiger partial charge >= 0.3 is 11.9 Å². The molecule has 1 unspecified atom stereocenters. The molecule has 0 bridgehead atoms. The van der Waals surface area contributed by atoms with Gasteiger partial charge in [0.15, 0.2) is 0 Å². The zero-order valence-electron chi connectivity index (χ0n) is 18.1. The summed E-state index contributed by atoms with van der Waals surface area (Å²) in [5, 5.41) is 17.0. The number of anilines is 1. The van der Waals surface area contributed by atoms with Crippen LogP contribution in [0.4, 0.5) is 5.69 Å². The van der Waals surface area contributed by atoms with Crippen LogP contribution in [0.15, 0.2) is 60.7 Å². The number of nitrogens with zero attached hydrogens (tertiary/aromatic N) is 2. The maximum Gasteiger partial charge on any atom is 0.328 e. The average molecular weight is 453 g/mol. The lowest BCUT2D eigenvalue weighted by molar-refractivity contribution is -0.134. The van der Waals surface area contributed by atoms with Crippen molar-refractivity contribution in [2.45, 2.75) is 38.5 Å². The molecule has 2 N–H and O–H groups in total. The van der Waals surface area contributed by atoms with Crippen LogP contribution in [0.25, 0.3) is 10.1 Å². The number of carboxylic acid groups (broad SMARTS) is 2. The van der Waals surface area contributed by atoms with Crippen molar-refractivity contribution in [2.24, 2.45) is 0 Å². The van der Waals surface area contributed by atoms with Gasteiger partial charge < -0.3 is 15.1 Å². The van der Waals surface area contributed by atoms with Crippen molar-refractivity contribution < 1.29 is 19.8 Å². The minimum absolute atomic E-state index is 0.437. The van der Waals surface area contributed by atoms with Gasteiger partial charge in [0, 0.05) is 42.2 Å². The van der Waals surface area contributed by atoms with Gasteiger partial charge in [-0.1, -0.05) is 43.3 Å². The third-order valence-electron chi connectivity index (χ3n) is 5.42. The van der Waals surface area contributed by atoms with Crippen molar-refractivity contribution in [3.05, 3.63) is 71.9 Å². The molecule has 6 nitrogen and oxygen atoms in total. The molecule has 4 rings (SSSR count). The van der Waals surface area contributed by atoms with E-state index in [1.54, 1.807) is 11.5 Å². The lowest BCUT2D eigenvalue weighted by Gasteiger charge is -2.29. The highest BCUT2D eigenvalue weighted by atomic mass is 32.1. The first-order valence-corrected chi connectivity index (χ1v) is 11.5. The first-order valence-electron chi connectivity index (χ1n) is 10.8. The third-order valence-corrected chi connectivity index (χ3v) is 6.24. The maximum absolute atomic E-state index is 9.55. The normalized spacial score (nSPS) is 14.7. The summed E-state index contributed by atoms with van der Waals surface area (Å²) in [4.78, 5) is 21.7. The van der Waals surface area contributed by atoms with Crippen LogP contribution in [0.5, 0.6) is 0 Å². The van der Waals surface area contributed by atoms with E-state index in [-0.39, 0.29) is 0 Å². The Bertz CT molecular complexity index is 1060. The maximum atomic E-state index is 9.55. The van der Waals surface area contributed by atoms with Gasteiger partial charge in [0.25, 0.3) is 0 Å². The Balaban J connectivity index is 0.000000312. The molecule has 1 atom stereocenters. The fourth-order valence-corrected chi connectivity index (χ4v) is 4.85. The fourth-order valence-electron chi connectivity index (χ4n) is 3.94. The summed E-state index contributed by atoms with van der Waals surface area (Å²) in [6, 6.07) is 17.5. The van der Waals surface area contributed by atoms with Crippen LogP contribution >= 0.6 is 11.5 Å². The Morgan fingerprint density at radius 1 is 1.00 bits per heavy atom. The summed E-state index contributed by atoms with van der Waals surface area (Å²) >= 11 is 1.65. The number of carbonyl (C=O) groups is 2. The highest BCUT2D eigenvalue weighted by Crippen LogP contribution is 2.37. The SMILES string of the molecule is CC(Cc1ccccc1)c1nsc2cccc(N3CCCCC3)c12.O=C(O)C=CC(=O)O. The zero-order valence-corrected chi connectivity index (χ0v) is 18.9. The first kappa shape index (κ1) is 23.5. The number of piperidine rings is 1.